The zero-order valence-corrected chi connectivity index (χ0v) is 11.6. The quantitative estimate of drug-likeness (QED) is 0.561. The molecule has 21 heavy (non-hydrogen) atoms. The van der Waals surface area contributed by atoms with E-state index in [1.165, 1.54) is 6.07 Å². The Morgan fingerprint density at radius 3 is 2.86 bits per heavy atom. The summed E-state index contributed by atoms with van der Waals surface area (Å²) < 4.78 is 0. The van der Waals surface area contributed by atoms with Gasteiger partial charge in [0.2, 0.25) is 0 Å². The molecule has 0 spiro atoms. The minimum Gasteiger partial charge on any atom is -0.375 e. The number of anilines is 1. The molecule has 2 N–H and O–H groups in total. The summed E-state index contributed by atoms with van der Waals surface area (Å²) >= 11 is 0. The van der Waals surface area contributed by atoms with Gasteiger partial charge in [-0.1, -0.05) is 18.2 Å². The lowest BCUT2D eigenvalue weighted by Crippen LogP contribution is -2.03. The molecule has 0 atom stereocenters. The Kier molecular flexibility index (Phi) is 3.31. The van der Waals surface area contributed by atoms with Crippen molar-refractivity contribution < 1.29 is 4.92 Å². The van der Waals surface area contributed by atoms with Crippen LogP contribution in [0.1, 0.15) is 11.1 Å². The van der Waals surface area contributed by atoms with Crippen LogP contribution in [-0.2, 0) is 6.54 Å². The molecule has 2 aromatic carbocycles. The van der Waals surface area contributed by atoms with Crippen molar-refractivity contribution >= 4 is 22.3 Å². The molecule has 0 radical (unpaired) electrons. The molecular weight excluding hydrogens is 266 g/mol. The average molecular weight is 281 g/mol. The lowest BCUT2D eigenvalue weighted by atomic mass is 10.1. The zero-order valence-electron chi connectivity index (χ0n) is 11.6. The minimum atomic E-state index is -0.365. The first-order chi connectivity index (χ1) is 10.1. The molecule has 0 bridgehead atoms. The summed E-state index contributed by atoms with van der Waals surface area (Å²) in [5.74, 6) is 0. The lowest BCUT2D eigenvalue weighted by molar-refractivity contribution is -0.384. The third-order valence-electron chi connectivity index (χ3n) is 3.45. The third kappa shape index (κ3) is 2.72. The molecule has 0 saturated carbocycles. The summed E-state index contributed by atoms with van der Waals surface area (Å²) in [5, 5.41) is 15.4. The van der Waals surface area contributed by atoms with Crippen LogP contribution in [-0.4, -0.2) is 9.91 Å². The van der Waals surface area contributed by atoms with Gasteiger partial charge in [0.05, 0.1) is 4.92 Å². The molecule has 106 valence electrons. The van der Waals surface area contributed by atoms with Crippen LogP contribution < -0.4 is 5.32 Å². The van der Waals surface area contributed by atoms with Crippen molar-refractivity contribution in [1.82, 2.24) is 4.98 Å². The fourth-order valence-corrected chi connectivity index (χ4v) is 2.35. The first-order valence-corrected chi connectivity index (χ1v) is 6.68. The number of hydrogen-bond donors (Lipinski definition) is 2. The second kappa shape index (κ2) is 5.28. The minimum absolute atomic E-state index is 0.0987. The molecule has 0 unspecified atom stereocenters. The van der Waals surface area contributed by atoms with Crippen molar-refractivity contribution in [2.75, 3.05) is 5.32 Å². The number of rotatable bonds is 4. The number of nitrogens with zero attached hydrogens (tertiary/aromatic N) is 1. The molecule has 5 nitrogen and oxygen atoms in total. The molecule has 0 aliphatic carbocycles. The molecule has 3 rings (SSSR count). The second-order valence-electron chi connectivity index (χ2n) is 5.03. The number of hydrogen-bond acceptors (Lipinski definition) is 3. The molecule has 3 aromatic rings. The van der Waals surface area contributed by atoms with E-state index in [0.717, 1.165) is 22.0 Å². The fourth-order valence-electron chi connectivity index (χ4n) is 2.35. The standard InChI is InChI=1S/C16H15N3O2/c1-11-2-5-16(19(20)21)15(8-11)18-10-12-3-4-13-6-7-17-14(13)9-12/h2-9,17-18H,10H2,1H3. The summed E-state index contributed by atoms with van der Waals surface area (Å²) in [6.07, 6.45) is 1.90. The van der Waals surface area contributed by atoms with Crippen LogP contribution in [0, 0.1) is 17.0 Å². The summed E-state index contributed by atoms with van der Waals surface area (Å²) in [5.41, 5.74) is 3.77. The average Bonchev–Trinajstić information content (AvgIpc) is 2.92. The molecule has 1 heterocycles. The number of nitrogens with one attached hydrogen (secondary N) is 2. The Hall–Kier alpha value is -2.82. The number of aryl methyl sites for hydroxylation is 1. The summed E-state index contributed by atoms with van der Waals surface area (Å²) in [6, 6.07) is 13.2. The monoisotopic (exact) mass is 281 g/mol. The summed E-state index contributed by atoms with van der Waals surface area (Å²) in [6.45, 7) is 2.46. The number of H-pyrrole nitrogens is 1. The van der Waals surface area contributed by atoms with Crippen LogP contribution in [0.15, 0.2) is 48.7 Å². The van der Waals surface area contributed by atoms with Crippen LogP contribution in [0.4, 0.5) is 11.4 Å². The smallest absolute Gasteiger partial charge is 0.292 e. The van der Waals surface area contributed by atoms with Gasteiger partial charge in [-0.3, -0.25) is 10.1 Å². The van der Waals surface area contributed by atoms with Gasteiger partial charge < -0.3 is 10.3 Å². The topological polar surface area (TPSA) is 71.0 Å². The van der Waals surface area contributed by atoms with Crippen molar-refractivity contribution in [2.24, 2.45) is 0 Å². The van der Waals surface area contributed by atoms with Crippen LogP contribution in [0.3, 0.4) is 0 Å². The van der Waals surface area contributed by atoms with Crippen molar-refractivity contribution in [3.05, 3.63) is 69.9 Å². The highest BCUT2D eigenvalue weighted by Gasteiger charge is 2.13. The summed E-state index contributed by atoms with van der Waals surface area (Å²) in [4.78, 5) is 13.8. The molecule has 0 amide bonds. The van der Waals surface area contributed by atoms with Gasteiger partial charge in [0, 0.05) is 24.3 Å². The molecular formula is C16H15N3O2. The fraction of sp³-hybridized carbons (Fsp3) is 0.125. The van der Waals surface area contributed by atoms with E-state index >= 15 is 0 Å². The van der Waals surface area contributed by atoms with Crippen molar-refractivity contribution in [3.63, 3.8) is 0 Å². The third-order valence-corrected chi connectivity index (χ3v) is 3.45. The largest absolute Gasteiger partial charge is 0.375 e. The van der Waals surface area contributed by atoms with Gasteiger partial charge in [0.25, 0.3) is 5.69 Å². The van der Waals surface area contributed by atoms with Crippen molar-refractivity contribution in [1.29, 1.82) is 0 Å². The van der Waals surface area contributed by atoms with Gasteiger partial charge in [-0.15, -0.1) is 0 Å². The van der Waals surface area contributed by atoms with Crippen molar-refractivity contribution in [3.8, 4) is 0 Å². The number of aromatic amines is 1. The first kappa shape index (κ1) is 13.2. The molecule has 0 aliphatic heterocycles. The number of aromatic nitrogens is 1. The van der Waals surface area contributed by atoms with Crippen LogP contribution in [0.2, 0.25) is 0 Å². The van der Waals surface area contributed by atoms with E-state index in [-0.39, 0.29) is 10.6 Å². The van der Waals surface area contributed by atoms with E-state index in [9.17, 15) is 10.1 Å². The van der Waals surface area contributed by atoms with Gasteiger partial charge in [-0.25, -0.2) is 0 Å². The molecule has 5 heteroatoms. The van der Waals surface area contributed by atoms with E-state index in [4.69, 9.17) is 0 Å². The lowest BCUT2D eigenvalue weighted by Gasteiger charge is -2.08. The molecule has 1 aromatic heterocycles. The van der Waals surface area contributed by atoms with Crippen molar-refractivity contribution in [2.45, 2.75) is 13.5 Å². The Balaban J connectivity index is 1.83. The molecule has 0 aliphatic rings. The predicted molar refractivity (Wildman–Crippen MR) is 83.5 cm³/mol. The van der Waals surface area contributed by atoms with Crippen LogP contribution >= 0.6 is 0 Å². The molecule has 0 saturated heterocycles. The normalized spacial score (nSPS) is 10.7. The predicted octanol–water partition coefficient (Wildman–Crippen LogP) is 4.00. The summed E-state index contributed by atoms with van der Waals surface area (Å²) in [7, 11) is 0. The zero-order chi connectivity index (χ0) is 14.8. The highest BCUT2D eigenvalue weighted by atomic mass is 16.6. The van der Waals surface area contributed by atoms with E-state index in [1.54, 1.807) is 12.1 Å². The van der Waals surface area contributed by atoms with Gasteiger partial charge in [-0.05, 0) is 41.6 Å². The maximum absolute atomic E-state index is 11.0. The Morgan fingerprint density at radius 2 is 2.05 bits per heavy atom. The highest BCUT2D eigenvalue weighted by Crippen LogP contribution is 2.26. The van der Waals surface area contributed by atoms with E-state index in [0.29, 0.717) is 12.2 Å². The molecule has 0 fully saturated rings. The first-order valence-electron chi connectivity index (χ1n) is 6.68. The van der Waals surface area contributed by atoms with Gasteiger partial charge >= 0.3 is 0 Å². The van der Waals surface area contributed by atoms with E-state index in [2.05, 4.69) is 10.3 Å². The number of nitro benzene ring substituents is 1. The Bertz CT molecular complexity index is 808. The van der Waals surface area contributed by atoms with E-state index < -0.39 is 0 Å². The Labute approximate surface area is 121 Å². The SMILES string of the molecule is Cc1ccc([N+](=O)[O-])c(NCc2ccc3cc[nH]c3c2)c1. The maximum Gasteiger partial charge on any atom is 0.292 e. The van der Waals surface area contributed by atoms with Gasteiger partial charge in [-0.2, -0.15) is 0 Å². The Morgan fingerprint density at radius 1 is 1.19 bits per heavy atom. The van der Waals surface area contributed by atoms with Gasteiger partial charge in [0.1, 0.15) is 5.69 Å². The second-order valence-corrected chi connectivity index (χ2v) is 5.03. The van der Waals surface area contributed by atoms with Gasteiger partial charge in [0.15, 0.2) is 0 Å². The maximum atomic E-state index is 11.0. The van der Waals surface area contributed by atoms with E-state index in [1.807, 2.05) is 37.4 Å². The number of benzene rings is 2. The highest BCUT2D eigenvalue weighted by molar-refractivity contribution is 5.80. The number of fused-ring (bicyclic) bond motifs is 1. The number of nitro groups is 1. The van der Waals surface area contributed by atoms with Crippen LogP contribution in [0.5, 0.6) is 0 Å². The van der Waals surface area contributed by atoms with Crippen LogP contribution in [0.25, 0.3) is 10.9 Å².